The van der Waals surface area contributed by atoms with E-state index in [2.05, 4.69) is 15.2 Å². The Morgan fingerprint density at radius 2 is 2.40 bits per heavy atom. The van der Waals surface area contributed by atoms with E-state index in [9.17, 15) is 10.1 Å². The van der Waals surface area contributed by atoms with E-state index in [-0.39, 0.29) is 12.2 Å². The standard InChI is InChI=1S/C11H9N5O3S/c1-7-8(16(17)18)5-15(13-7)6-10-12-11(14-19-10)9-3-2-4-20-9/h2-5H,6H2,1H3. The van der Waals surface area contributed by atoms with Crippen molar-refractivity contribution in [3.8, 4) is 10.7 Å². The molecule has 0 atom stereocenters. The second-order valence-electron chi connectivity index (χ2n) is 4.04. The molecule has 9 heteroatoms. The quantitative estimate of drug-likeness (QED) is 0.540. The number of hydrogen-bond acceptors (Lipinski definition) is 7. The van der Waals surface area contributed by atoms with E-state index in [1.165, 1.54) is 22.2 Å². The van der Waals surface area contributed by atoms with Crippen molar-refractivity contribution in [1.29, 1.82) is 0 Å². The smallest absolute Gasteiger partial charge is 0.309 e. The van der Waals surface area contributed by atoms with Crippen LogP contribution in [0.15, 0.2) is 28.2 Å². The van der Waals surface area contributed by atoms with Gasteiger partial charge >= 0.3 is 5.69 Å². The van der Waals surface area contributed by atoms with Crippen LogP contribution in [0.5, 0.6) is 0 Å². The Balaban J connectivity index is 1.82. The van der Waals surface area contributed by atoms with Gasteiger partial charge in [-0.05, 0) is 18.4 Å². The number of nitrogens with zero attached hydrogens (tertiary/aromatic N) is 5. The van der Waals surface area contributed by atoms with Gasteiger partial charge in [-0.1, -0.05) is 11.2 Å². The minimum absolute atomic E-state index is 0.0250. The molecular formula is C11H9N5O3S. The van der Waals surface area contributed by atoms with Crippen LogP contribution in [-0.2, 0) is 6.54 Å². The van der Waals surface area contributed by atoms with Crippen LogP contribution in [0.25, 0.3) is 10.7 Å². The molecule has 102 valence electrons. The SMILES string of the molecule is Cc1nn(Cc2nc(-c3cccs3)no2)cc1[N+](=O)[O-]. The second kappa shape index (κ2) is 4.85. The monoisotopic (exact) mass is 291 g/mol. The van der Waals surface area contributed by atoms with Crippen molar-refractivity contribution in [3.63, 3.8) is 0 Å². The molecule has 20 heavy (non-hydrogen) atoms. The minimum atomic E-state index is -0.469. The van der Waals surface area contributed by atoms with Crippen molar-refractivity contribution in [2.24, 2.45) is 0 Å². The number of aryl methyl sites for hydroxylation is 1. The van der Waals surface area contributed by atoms with Crippen molar-refractivity contribution in [2.75, 3.05) is 0 Å². The van der Waals surface area contributed by atoms with E-state index in [1.54, 1.807) is 6.92 Å². The van der Waals surface area contributed by atoms with Crippen LogP contribution in [0, 0.1) is 17.0 Å². The number of rotatable bonds is 4. The van der Waals surface area contributed by atoms with Gasteiger partial charge in [0.2, 0.25) is 11.7 Å². The Morgan fingerprint density at radius 1 is 1.55 bits per heavy atom. The zero-order valence-corrected chi connectivity index (χ0v) is 11.2. The highest BCUT2D eigenvalue weighted by Gasteiger charge is 2.17. The average molecular weight is 291 g/mol. The third kappa shape index (κ3) is 2.30. The highest BCUT2D eigenvalue weighted by Crippen LogP contribution is 2.22. The largest absolute Gasteiger partial charge is 0.337 e. The fraction of sp³-hybridized carbons (Fsp3) is 0.182. The van der Waals surface area contributed by atoms with E-state index in [0.29, 0.717) is 17.4 Å². The summed E-state index contributed by atoms with van der Waals surface area (Å²) in [7, 11) is 0. The molecule has 0 spiro atoms. The molecule has 0 unspecified atom stereocenters. The summed E-state index contributed by atoms with van der Waals surface area (Å²) in [5.41, 5.74) is 0.330. The molecule has 0 aliphatic rings. The summed E-state index contributed by atoms with van der Waals surface area (Å²) in [6.07, 6.45) is 1.35. The fourth-order valence-electron chi connectivity index (χ4n) is 1.73. The first-order valence-electron chi connectivity index (χ1n) is 5.68. The Bertz CT molecular complexity index is 746. The maximum atomic E-state index is 10.7. The van der Waals surface area contributed by atoms with Crippen molar-refractivity contribution in [3.05, 3.63) is 45.4 Å². The molecule has 3 rings (SSSR count). The zero-order chi connectivity index (χ0) is 14.1. The number of hydrogen-bond donors (Lipinski definition) is 0. The highest BCUT2D eigenvalue weighted by atomic mass is 32.1. The summed E-state index contributed by atoms with van der Waals surface area (Å²) in [4.78, 5) is 15.4. The zero-order valence-electron chi connectivity index (χ0n) is 10.4. The van der Waals surface area contributed by atoms with Gasteiger partial charge < -0.3 is 4.52 Å². The molecule has 0 bridgehead atoms. The fourth-order valence-corrected chi connectivity index (χ4v) is 2.38. The normalized spacial score (nSPS) is 10.8. The van der Waals surface area contributed by atoms with Crippen LogP contribution < -0.4 is 0 Å². The molecule has 3 heterocycles. The number of aromatic nitrogens is 4. The topological polar surface area (TPSA) is 99.9 Å². The summed E-state index contributed by atoms with van der Waals surface area (Å²) in [6.45, 7) is 1.78. The Morgan fingerprint density at radius 3 is 3.05 bits per heavy atom. The van der Waals surface area contributed by atoms with E-state index in [0.717, 1.165) is 4.88 Å². The van der Waals surface area contributed by atoms with Gasteiger partial charge in [-0.25, -0.2) is 0 Å². The van der Waals surface area contributed by atoms with Crippen LogP contribution in [0.2, 0.25) is 0 Å². The maximum Gasteiger partial charge on any atom is 0.309 e. The predicted octanol–water partition coefficient (Wildman–Crippen LogP) is 2.26. The minimum Gasteiger partial charge on any atom is -0.337 e. The lowest BCUT2D eigenvalue weighted by molar-refractivity contribution is -0.385. The van der Waals surface area contributed by atoms with Crippen LogP contribution in [0.4, 0.5) is 5.69 Å². The second-order valence-corrected chi connectivity index (χ2v) is 4.99. The molecule has 0 N–H and O–H groups in total. The molecule has 0 aliphatic carbocycles. The third-order valence-corrected chi connectivity index (χ3v) is 3.49. The number of thiophene rings is 1. The summed E-state index contributed by atoms with van der Waals surface area (Å²) in [5.74, 6) is 0.860. The van der Waals surface area contributed by atoms with Crippen molar-refractivity contribution >= 4 is 17.0 Å². The van der Waals surface area contributed by atoms with E-state index >= 15 is 0 Å². The number of nitro groups is 1. The van der Waals surface area contributed by atoms with E-state index in [4.69, 9.17) is 4.52 Å². The lowest BCUT2D eigenvalue weighted by atomic mass is 10.4. The molecule has 0 radical (unpaired) electrons. The maximum absolute atomic E-state index is 10.7. The lowest BCUT2D eigenvalue weighted by Crippen LogP contribution is -2.00. The van der Waals surface area contributed by atoms with E-state index in [1.807, 2.05) is 17.5 Å². The summed E-state index contributed by atoms with van der Waals surface area (Å²) in [5, 5.41) is 20.6. The van der Waals surface area contributed by atoms with Crippen molar-refractivity contribution in [2.45, 2.75) is 13.5 Å². The van der Waals surface area contributed by atoms with Gasteiger partial charge in [0.05, 0.1) is 9.80 Å². The van der Waals surface area contributed by atoms with Crippen LogP contribution in [0.1, 0.15) is 11.6 Å². The third-order valence-electron chi connectivity index (χ3n) is 2.62. The predicted molar refractivity (Wildman–Crippen MR) is 70.3 cm³/mol. The van der Waals surface area contributed by atoms with Crippen LogP contribution in [0.3, 0.4) is 0 Å². The first-order chi connectivity index (χ1) is 9.63. The van der Waals surface area contributed by atoms with Crippen molar-refractivity contribution < 1.29 is 9.45 Å². The van der Waals surface area contributed by atoms with Gasteiger partial charge in [0.25, 0.3) is 0 Å². The van der Waals surface area contributed by atoms with Gasteiger partial charge in [-0.2, -0.15) is 10.1 Å². The van der Waals surface area contributed by atoms with Gasteiger partial charge in [-0.3, -0.25) is 14.8 Å². The van der Waals surface area contributed by atoms with Gasteiger partial charge in [-0.15, -0.1) is 11.3 Å². The summed E-state index contributed by atoms with van der Waals surface area (Å²) >= 11 is 1.51. The van der Waals surface area contributed by atoms with Crippen LogP contribution in [-0.4, -0.2) is 24.8 Å². The molecule has 0 aliphatic heterocycles. The molecule has 0 amide bonds. The van der Waals surface area contributed by atoms with Crippen molar-refractivity contribution in [1.82, 2.24) is 19.9 Å². The molecule has 0 fully saturated rings. The van der Waals surface area contributed by atoms with Gasteiger partial charge in [0, 0.05) is 0 Å². The Hall–Kier alpha value is -2.55. The van der Waals surface area contributed by atoms with E-state index < -0.39 is 4.92 Å². The van der Waals surface area contributed by atoms with Gasteiger partial charge in [0.15, 0.2) is 0 Å². The molecule has 3 aromatic rings. The molecule has 0 saturated carbocycles. The molecule has 3 aromatic heterocycles. The summed E-state index contributed by atoms with van der Waals surface area (Å²) < 4.78 is 6.53. The Kier molecular flexibility index (Phi) is 3.03. The molecule has 0 aromatic carbocycles. The summed E-state index contributed by atoms with van der Waals surface area (Å²) in [6, 6.07) is 3.79. The lowest BCUT2D eigenvalue weighted by Gasteiger charge is -1.92. The first kappa shape index (κ1) is 12.5. The molecule has 0 saturated heterocycles. The first-order valence-corrected chi connectivity index (χ1v) is 6.56. The van der Waals surface area contributed by atoms with Crippen LogP contribution >= 0.6 is 11.3 Å². The molecular weight excluding hydrogens is 282 g/mol. The molecule has 8 nitrogen and oxygen atoms in total. The Labute approximate surface area is 116 Å². The van der Waals surface area contributed by atoms with Gasteiger partial charge in [0.1, 0.15) is 18.4 Å². The average Bonchev–Trinajstić information content (AvgIpc) is 3.09. The highest BCUT2D eigenvalue weighted by molar-refractivity contribution is 7.13.